The summed E-state index contributed by atoms with van der Waals surface area (Å²) >= 11 is 4.87. The second-order valence-electron chi connectivity index (χ2n) is 4.30. The van der Waals surface area contributed by atoms with Gasteiger partial charge in [0.25, 0.3) is 0 Å². The van der Waals surface area contributed by atoms with Crippen LogP contribution in [0.3, 0.4) is 0 Å². The van der Waals surface area contributed by atoms with Gasteiger partial charge in [-0.2, -0.15) is 0 Å². The Bertz CT molecular complexity index is 553. The zero-order chi connectivity index (χ0) is 12.8. The summed E-state index contributed by atoms with van der Waals surface area (Å²) in [6.07, 6.45) is 1.17. The Kier molecular flexibility index (Phi) is 2.95. The maximum absolute atomic E-state index is 12.8. The number of hydrogen-bond donors (Lipinski definition) is 1. The minimum Gasteiger partial charge on any atom is -0.393 e. The highest BCUT2D eigenvalue weighted by Crippen LogP contribution is 2.52. The molecule has 0 aliphatic heterocycles. The first-order valence-electron chi connectivity index (χ1n) is 5.06. The van der Waals surface area contributed by atoms with Crippen molar-refractivity contribution in [3.05, 3.63) is 35.6 Å². The fourth-order valence-corrected chi connectivity index (χ4v) is 4.23. The van der Waals surface area contributed by atoms with Crippen LogP contribution in [-0.4, -0.2) is 24.9 Å². The third kappa shape index (κ3) is 2.32. The molecule has 1 fully saturated rings. The second-order valence-corrected chi connectivity index (χ2v) is 6.97. The third-order valence-electron chi connectivity index (χ3n) is 3.03. The van der Waals surface area contributed by atoms with E-state index in [0.29, 0.717) is 0 Å². The molecule has 92 valence electrons. The van der Waals surface area contributed by atoms with Crippen LogP contribution in [0.15, 0.2) is 24.3 Å². The summed E-state index contributed by atoms with van der Waals surface area (Å²) in [6.45, 7) is 0. The van der Waals surface area contributed by atoms with Crippen LogP contribution < -0.4 is 5.73 Å². The topological polar surface area (TPSA) is 60.2 Å². The van der Waals surface area contributed by atoms with Gasteiger partial charge >= 0.3 is 0 Å². The summed E-state index contributed by atoms with van der Waals surface area (Å²) in [6, 6.07) is 5.78. The highest BCUT2D eigenvalue weighted by atomic mass is 32.2. The van der Waals surface area contributed by atoms with Crippen molar-refractivity contribution in [3.8, 4) is 0 Å². The van der Waals surface area contributed by atoms with E-state index in [9.17, 15) is 12.8 Å². The molecule has 17 heavy (non-hydrogen) atoms. The molecule has 2 N–H and O–H groups in total. The standard InChI is InChI=1S/C11H12FNO2S2/c1-17(14,15)10-8(9(10)11(13)16)6-2-4-7(12)5-3-6/h2-5,8-10H,1H3,(H2,13,16)/t8-,9-,10+/m1/s1. The lowest BCUT2D eigenvalue weighted by Crippen LogP contribution is -2.16. The number of hydrogen-bond acceptors (Lipinski definition) is 3. The van der Waals surface area contributed by atoms with E-state index in [2.05, 4.69) is 0 Å². The number of sulfone groups is 1. The van der Waals surface area contributed by atoms with Gasteiger partial charge in [-0.3, -0.25) is 0 Å². The van der Waals surface area contributed by atoms with E-state index < -0.39 is 15.1 Å². The predicted octanol–water partition coefficient (Wildman–Crippen LogP) is 1.24. The van der Waals surface area contributed by atoms with Gasteiger partial charge in [0.15, 0.2) is 9.84 Å². The van der Waals surface area contributed by atoms with Crippen LogP contribution in [0.4, 0.5) is 4.39 Å². The Balaban J connectivity index is 2.34. The van der Waals surface area contributed by atoms with Gasteiger partial charge in [-0.15, -0.1) is 0 Å². The van der Waals surface area contributed by atoms with Gasteiger partial charge in [-0.1, -0.05) is 24.4 Å². The normalized spacial score (nSPS) is 27.8. The van der Waals surface area contributed by atoms with Crippen molar-refractivity contribution >= 4 is 27.0 Å². The number of halogens is 1. The van der Waals surface area contributed by atoms with E-state index in [1.54, 1.807) is 12.1 Å². The van der Waals surface area contributed by atoms with E-state index in [0.717, 1.165) is 5.56 Å². The molecule has 0 heterocycles. The lowest BCUT2D eigenvalue weighted by atomic mass is 10.1. The van der Waals surface area contributed by atoms with E-state index in [1.807, 2.05) is 0 Å². The summed E-state index contributed by atoms with van der Waals surface area (Å²) in [4.78, 5) is 0.203. The van der Waals surface area contributed by atoms with Gasteiger partial charge in [0, 0.05) is 18.1 Å². The number of thiocarbonyl (C=S) groups is 1. The molecule has 1 aliphatic rings. The summed E-state index contributed by atoms with van der Waals surface area (Å²) in [5, 5.41) is -0.564. The molecular weight excluding hydrogens is 261 g/mol. The average Bonchev–Trinajstić information content (AvgIpc) is 2.93. The smallest absolute Gasteiger partial charge is 0.151 e. The van der Waals surface area contributed by atoms with Gasteiger partial charge in [-0.25, -0.2) is 12.8 Å². The molecular formula is C11H12FNO2S2. The zero-order valence-electron chi connectivity index (χ0n) is 9.13. The largest absolute Gasteiger partial charge is 0.393 e. The molecule has 0 unspecified atom stereocenters. The van der Waals surface area contributed by atoms with Crippen molar-refractivity contribution in [2.24, 2.45) is 11.7 Å². The summed E-state index contributed by atoms with van der Waals surface area (Å²) in [7, 11) is -3.19. The lowest BCUT2D eigenvalue weighted by molar-refractivity contribution is 0.599. The van der Waals surface area contributed by atoms with Gasteiger partial charge in [-0.05, 0) is 17.7 Å². The molecule has 0 radical (unpaired) electrons. The third-order valence-corrected chi connectivity index (χ3v) is 4.88. The number of nitrogens with two attached hydrogens (primary N) is 1. The molecule has 2 rings (SSSR count). The van der Waals surface area contributed by atoms with Crippen molar-refractivity contribution in [1.29, 1.82) is 0 Å². The molecule has 3 nitrogen and oxygen atoms in total. The average molecular weight is 273 g/mol. The summed E-state index contributed by atoms with van der Waals surface area (Å²) < 4.78 is 35.9. The van der Waals surface area contributed by atoms with Crippen molar-refractivity contribution in [3.63, 3.8) is 0 Å². The Hall–Kier alpha value is -1.01. The lowest BCUT2D eigenvalue weighted by Gasteiger charge is -1.99. The highest BCUT2D eigenvalue weighted by molar-refractivity contribution is 7.91. The Morgan fingerprint density at radius 1 is 1.35 bits per heavy atom. The molecule has 1 aromatic carbocycles. The Morgan fingerprint density at radius 3 is 2.24 bits per heavy atom. The molecule has 0 bridgehead atoms. The molecule has 0 amide bonds. The zero-order valence-corrected chi connectivity index (χ0v) is 10.8. The second kappa shape index (κ2) is 4.03. The van der Waals surface area contributed by atoms with Crippen molar-refractivity contribution < 1.29 is 12.8 Å². The van der Waals surface area contributed by atoms with Crippen LogP contribution >= 0.6 is 12.2 Å². The molecule has 3 atom stereocenters. The van der Waals surface area contributed by atoms with E-state index >= 15 is 0 Å². The van der Waals surface area contributed by atoms with Crippen LogP contribution in [0.25, 0.3) is 0 Å². The fourth-order valence-electron chi connectivity index (χ4n) is 2.24. The molecule has 1 saturated carbocycles. The Morgan fingerprint density at radius 2 is 1.88 bits per heavy atom. The van der Waals surface area contributed by atoms with Crippen LogP contribution in [-0.2, 0) is 9.84 Å². The predicted molar refractivity (Wildman–Crippen MR) is 68.0 cm³/mol. The van der Waals surface area contributed by atoms with Crippen LogP contribution in [0.1, 0.15) is 11.5 Å². The van der Waals surface area contributed by atoms with Gasteiger partial charge < -0.3 is 5.73 Å². The van der Waals surface area contributed by atoms with E-state index in [1.165, 1.54) is 18.4 Å². The SMILES string of the molecule is CS(=O)(=O)[C@@H]1[C@H](C(N)=S)[C@H]1c1ccc(F)cc1. The molecule has 0 saturated heterocycles. The maximum Gasteiger partial charge on any atom is 0.151 e. The first kappa shape index (κ1) is 12.4. The van der Waals surface area contributed by atoms with Crippen LogP contribution in [0.2, 0.25) is 0 Å². The van der Waals surface area contributed by atoms with Crippen molar-refractivity contribution in [2.75, 3.05) is 6.26 Å². The van der Waals surface area contributed by atoms with Gasteiger partial charge in [0.2, 0.25) is 0 Å². The van der Waals surface area contributed by atoms with Gasteiger partial charge in [0.05, 0.1) is 10.2 Å². The molecule has 6 heteroatoms. The van der Waals surface area contributed by atoms with Crippen LogP contribution in [0, 0.1) is 11.7 Å². The number of benzene rings is 1. The molecule has 1 aromatic rings. The molecule has 1 aliphatic carbocycles. The first-order chi connectivity index (χ1) is 7.82. The summed E-state index contributed by atoms with van der Waals surface area (Å²) in [5.41, 5.74) is 6.30. The highest BCUT2D eigenvalue weighted by Gasteiger charge is 2.58. The maximum atomic E-state index is 12.8. The minimum atomic E-state index is -3.19. The van der Waals surface area contributed by atoms with E-state index in [-0.39, 0.29) is 22.6 Å². The fraction of sp³-hybridized carbons (Fsp3) is 0.364. The van der Waals surface area contributed by atoms with Gasteiger partial charge in [0.1, 0.15) is 5.82 Å². The summed E-state index contributed by atoms with van der Waals surface area (Å²) in [5.74, 6) is -0.911. The minimum absolute atomic E-state index is 0.203. The van der Waals surface area contributed by atoms with E-state index in [4.69, 9.17) is 18.0 Å². The Labute approximate surface area is 105 Å². The monoisotopic (exact) mass is 273 g/mol. The van der Waals surface area contributed by atoms with Crippen LogP contribution in [0.5, 0.6) is 0 Å². The molecule has 0 aromatic heterocycles. The molecule has 0 spiro atoms. The van der Waals surface area contributed by atoms with Crippen molar-refractivity contribution in [1.82, 2.24) is 0 Å². The first-order valence-corrected chi connectivity index (χ1v) is 7.42. The van der Waals surface area contributed by atoms with Crippen molar-refractivity contribution in [2.45, 2.75) is 11.2 Å². The quantitative estimate of drug-likeness (QED) is 0.842. The number of rotatable bonds is 3.